The number of nitro groups is 1. The Balaban J connectivity index is 2.34. The Morgan fingerprint density at radius 3 is 2.57 bits per heavy atom. The molecule has 23 heavy (non-hydrogen) atoms. The number of ether oxygens (including phenoxy) is 1. The van der Waals surface area contributed by atoms with Crippen LogP contribution < -0.4 is 9.46 Å². The first kappa shape index (κ1) is 17.7. The Bertz CT molecular complexity index is 835. The number of methoxy groups -OCH3 is 1. The van der Waals surface area contributed by atoms with Crippen molar-refractivity contribution in [2.24, 2.45) is 0 Å². The molecular weight excluding hydrogens is 364 g/mol. The molecule has 1 aromatic carbocycles. The van der Waals surface area contributed by atoms with Crippen molar-refractivity contribution < 1.29 is 18.1 Å². The monoisotopic (exact) mass is 376 g/mol. The van der Waals surface area contributed by atoms with Crippen molar-refractivity contribution in [2.75, 3.05) is 7.11 Å². The minimum Gasteiger partial charge on any atom is -0.495 e. The van der Waals surface area contributed by atoms with Crippen LogP contribution in [0.5, 0.6) is 5.75 Å². The molecule has 1 aromatic heterocycles. The van der Waals surface area contributed by atoms with Crippen molar-refractivity contribution in [1.82, 2.24) is 4.72 Å². The van der Waals surface area contributed by atoms with E-state index in [1.165, 1.54) is 18.4 Å². The summed E-state index contributed by atoms with van der Waals surface area (Å²) < 4.78 is 33.0. The van der Waals surface area contributed by atoms with Gasteiger partial charge in [0, 0.05) is 10.9 Å². The number of rotatable bonds is 6. The molecule has 2 aromatic rings. The molecule has 0 amide bonds. The highest BCUT2D eigenvalue weighted by molar-refractivity contribution is 7.89. The van der Waals surface area contributed by atoms with E-state index in [0.717, 1.165) is 23.1 Å². The predicted molar refractivity (Wildman–Crippen MR) is 87.7 cm³/mol. The number of nitro benzene ring substituents is 1. The highest BCUT2D eigenvalue weighted by Gasteiger charge is 2.25. The number of hydrogen-bond acceptors (Lipinski definition) is 6. The summed E-state index contributed by atoms with van der Waals surface area (Å²) >= 11 is 7.11. The van der Waals surface area contributed by atoms with Crippen LogP contribution in [0.15, 0.2) is 35.2 Å². The zero-order valence-corrected chi connectivity index (χ0v) is 14.5. The lowest BCUT2D eigenvalue weighted by atomic mass is 10.3. The molecule has 0 radical (unpaired) electrons. The third-order valence-corrected chi connectivity index (χ3v) is 5.99. The summed E-state index contributed by atoms with van der Waals surface area (Å²) in [4.78, 5) is 10.7. The van der Waals surface area contributed by atoms with E-state index in [2.05, 4.69) is 4.72 Å². The number of nitrogens with one attached hydrogen (secondary N) is 1. The zero-order chi connectivity index (χ0) is 17.2. The van der Waals surface area contributed by atoms with Gasteiger partial charge in [0.25, 0.3) is 5.69 Å². The van der Waals surface area contributed by atoms with E-state index in [0.29, 0.717) is 4.34 Å². The normalized spacial score (nSPS) is 12.8. The Kier molecular flexibility index (Phi) is 5.25. The van der Waals surface area contributed by atoms with Gasteiger partial charge in [-0.15, -0.1) is 11.3 Å². The number of benzene rings is 1. The Labute approximate surface area is 142 Å². The quantitative estimate of drug-likeness (QED) is 0.615. The first-order valence-corrected chi connectivity index (χ1v) is 9.02. The van der Waals surface area contributed by atoms with E-state index in [4.69, 9.17) is 16.3 Å². The summed E-state index contributed by atoms with van der Waals surface area (Å²) in [5.74, 6) is -0.0943. The van der Waals surface area contributed by atoms with Gasteiger partial charge in [-0.3, -0.25) is 10.1 Å². The summed E-state index contributed by atoms with van der Waals surface area (Å²) in [6.45, 7) is 1.68. The molecule has 1 unspecified atom stereocenters. The molecule has 0 saturated carbocycles. The average molecular weight is 377 g/mol. The Morgan fingerprint density at radius 2 is 2.04 bits per heavy atom. The number of nitrogens with zero attached hydrogens (tertiary/aromatic N) is 1. The van der Waals surface area contributed by atoms with Crippen LogP contribution in [0.1, 0.15) is 17.8 Å². The predicted octanol–water partition coefficient (Wildman–Crippen LogP) is 3.36. The molecule has 1 N–H and O–H groups in total. The molecule has 0 bridgehead atoms. The van der Waals surface area contributed by atoms with Gasteiger partial charge < -0.3 is 4.74 Å². The van der Waals surface area contributed by atoms with Crippen LogP contribution in [0.2, 0.25) is 4.34 Å². The lowest BCUT2D eigenvalue weighted by Crippen LogP contribution is -2.26. The number of hydrogen-bond donors (Lipinski definition) is 1. The fourth-order valence-electron chi connectivity index (χ4n) is 1.91. The highest BCUT2D eigenvalue weighted by Crippen LogP contribution is 2.31. The molecule has 0 aliphatic heterocycles. The SMILES string of the molecule is COc1cc([N+](=O)[O-])ccc1S(=O)(=O)NC(C)c1ccc(Cl)s1. The van der Waals surface area contributed by atoms with Crippen molar-refractivity contribution in [2.45, 2.75) is 17.9 Å². The number of halogens is 1. The molecule has 0 saturated heterocycles. The highest BCUT2D eigenvalue weighted by atomic mass is 35.5. The van der Waals surface area contributed by atoms with Crippen molar-refractivity contribution >= 4 is 38.6 Å². The van der Waals surface area contributed by atoms with Crippen LogP contribution in [0.3, 0.4) is 0 Å². The number of sulfonamides is 1. The molecule has 124 valence electrons. The smallest absolute Gasteiger partial charge is 0.273 e. The average Bonchev–Trinajstić information content (AvgIpc) is 2.92. The molecule has 0 aliphatic carbocycles. The van der Waals surface area contributed by atoms with Crippen LogP contribution in [0, 0.1) is 10.1 Å². The van der Waals surface area contributed by atoms with E-state index in [1.54, 1.807) is 19.1 Å². The molecule has 0 spiro atoms. The number of thiophene rings is 1. The van der Waals surface area contributed by atoms with Crippen molar-refractivity contribution in [3.63, 3.8) is 0 Å². The fraction of sp³-hybridized carbons (Fsp3) is 0.231. The van der Waals surface area contributed by atoms with Gasteiger partial charge >= 0.3 is 0 Å². The third-order valence-electron chi connectivity index (χ3n) is 3.00. The van der Waals surface area contributed by atoms with Gasteiger partial charge in [-0.1, -0.05) is 11.6 Å². The third kappa shape index (κ3) is 3.99. The van der Waals surface area contributed by atoms with Crippen LogP contribution in [0.4, 0.5) is 5.69 Å². The first-order chi connectivity index (χ1) is 10.7. The molecular formula is C13H13ClN2O5S2. The van der Waals surface area contributed by atoms with Gasteiger partial charge in [-0.05, 0) is 25.1 Å². The first-order valence-electron chi connectivity index (χ1n) is 6.34. The maximum absolute atomic E-state index is 12.5. The second-order valence-electron chi connectivity index (χ2n) is 4.58. The van der Waals surface area contributed by atoms with Gasteiger partial charge in [-0.25, -0.2) is 13.1 Å². The summed E-state index contributed by atoms with van der Waals surface area (Å²) in [5, 5.41) is 10.8. The summed E-state index contributed by atoms with van der Waals surface area (Å²) in [7, 11) is -2.67. The van der Waals surface area contributed by atoms with Gasteiger partial charge in [0.15, 0.2) is 0 Å². The fourth-order valence-corrected chi connectivity index (χ4v) is 4.42. The molecule has 0 aliphatic rings. The van der Waals surface area contributed by atoms with Crippen LogP contribution in [-0.2, 0) is 10.0 Å². The minimum atomic E-state index is -3.92. The van der Waals surface area contributed by atoms with E-state index in [-0.39, 0.29) is 16.3 Å². The van der Waals surface area contributed by atoms with Crippen molar-refractivity contribution in [1.29, 1.82) is 0 Å². The van der Waals surface area contributed by atoms with Crippen LogP contribution in [0.25, 0.3) is 0 Å². The molecule has 2 rings (SSSR count). The van der Waals surface area contributed by atoms with Crippen molar-refractivity contribution in [3.05, 3.63) is 49.7 Å². The van der Waals surface area contributed by atoms with E-state index < -0.39 is 21.0 Å². The summed E-state index contributed by atoms with van der Waals surface area (Å²) in [6.07, 6.45) is 0. The van der Waals surface area contributed by atoms with Crippen LogP contribution in [-0.4, -0.2) is 20.5 Å². The number of non-ortho nitro benzene ring substituents is 1. The molecule has 0 fully saturated rings. The lowest BCUT2D eigenvalue weighted by Gasteiger charge is -2.14. The molecule has 7 nitrogen and oxygen atoms in total. The Hall–Kier alpha value is -1.68. The van der Waals surface area contributed by atoms with Gasteiger partial charge in [-0.2, -0.15) is 0 Å². The maximum Gasteiger partial charge on any atom is 0.273 e. The van der Waals surface area contributed by atoms with E-state index in [9.17, 15) is 18.5 Å². The van der Waals surface area contributed by atoms with Gasteiger partial charge in [0.05, 0.1) is 28.5 Å². The lowest BCUT2D eigenvalue weighted by molar-refractivity contribution is -0.385. The topological polar surface area (TPSA) is 98.5 Å². The van der Waals surface area contributed by atoms with Crippen LogP contribution >= 0.6 is 22.9 Å². The molecule has 1 atom stereocenters. The largest absolute Gasteiger partial charge is 0.495 e. The zero-order valence-electron chi connectivity index (χ0n) is 12.1. The van der Waals surface area contributed by atoms with E-state index in [1.807, 2.05) is 0 Å². The van der Waals surface area contributed by atoms with Gasteiger partial charge in [0.1, 0.15) is 10.6 Å². The standard InChI is InChI=1S/C13H13ClN2O5S2/c1-8(11-4-6-13(14)22-11)15-23(19,20)12-5-3-9(16(17)18)7-10(12)21-2/h3-8,15H,1-2H3. The summed E-state index contributed by atoms with van der Waals surface area (Å²) in [6, 6.07) is 6.24. The second-order valence-corrected chi connectivity index (χ2v) is 8.01. The molecule has 1 heterocycles. The Morgan fingerprint density at radius 1 is 1.35 bits per heavy atom. The van der Waals surface area contributed by atoms with E-state index >= 15 is 0 Å². The second kappa shape index (κ2) is 6.83. The van der Waals surface area contributed by atoms with Crippen molar-refractivity contribution in [3.8, 4) is 5.75 Å². The minimum absolute atomic E-state index is 0.0943. The van der Waals surface area contributed by atoms with Gasteiger partial charge in [0.2, 0.25) is 10.0 Å². The molecule has 10 heteroatoms. The maximum atomic E-state index is 12.5. The summed E-state index contributed by atoms with van der Waals surface area (Å²) in [5.41, 5.74) is -0.251.